The average Bonchev–Trinajstić information content (AvgIpc) is 2.81. The predicted octanol–water partition coefficient (Wildman–Crippen LogP) is 1.66. The molecule has 3 nitrogen and oxygen atoms in total. The maximum Gasteiger partial charge on any atom is 0.181 e. The van der Waals surface area contributed by atoms with Crippen LogP contribution in [0.2, 0.25) is 0 Å². The number of carbonyl (C=O) groups is 1. The van der Waals surface area contributed by atoms with Crippen LogP contribution in [0.4, 0.5) is 0 Å². The lowest BCUT2D eigenvalue weighted by Gasteiger charge is -2.10. The number of pyridine rings is 1. The molecule has 0 unspecified atom stereocenters. The molecule has 0 radical (unpaired) electrons. The predicted molar refractivity (Wildman–Crippen MR) is 59.7 cm³/mol. The first-order valence-corrected chi connectivity index (χ1v) is 5.18. The van der Waals surface area contributed by atoms with E-state index in [4.69, 9.17) is 0 Å². The monoisotopic (exact) mass is 202 g/mol. The summed E-state index contributed by atoms with van der Waals surface area (Å²) in [5.74, 6) is 0.135. The summed E-state index contributed by atoms with van der Waals surface area (Å²) in [5, 5.41) is 3.19. The van der Waals surface area contributed by atoms with E-state index in [2.05, 4.69) is 16.9 Å². The first kappa shape index (κ1) is 10.1. The molecule has 1 aromatic heterocycles. The highest BCUT2D eigenvalue weighted by molar-refractivity contribution is 6.02. The molecule has 1 aliphatic heterocycles. The average molecular weight is 202 g/mol. The normalized spacial score (nSPS) is 20.1. The molecular formula is C12H14N2O. The Hall–Kier alpha value is -1.48. The quantitative estimate of drug-likeness (QED) is 0.758. The Morgan fingerprint density at radius 3 is 3.20 bits per heavy atom. The Kier molecular flexibility index (Phi) is 2.92. The number of carbonyl (C=O) groups excluding carboxylic acids is 1. The first-order chi connectivity index (χ1) is 7.33. The Morgan fingerprint density at radius 2 is 2.53 bits per heavy atom. The van der Waals surface area contributed by atoms with Crippen LogP contribution in [0.25, 0.3) is 6.08 Å². The molecule has 0 spiro atoms. The molecule has 2 rings (SSSR count). The van der Waals surface area contributed by atoms with E-state index in [1.165, 1.54) is 0 Å². The van der Waals surface area contributed by atoms with E-state index in [0.29, 0.717) is 11.3 Å². The van der Waals surface area contributed by atoms with Crippen molar-refractivity contribution in [3.63, 3.8) is 0 Å². The van der Waals surface area contributed by atoms with E-state index < -0.39 is 0 Å². The Balaban J connectivity index is 2.27. The zero-order chi connectivity index (χ0) is 10.7. The van der Waals surface area contributed by atoms with Crippen LogP contribution < -0.4 is 5.32 Å². The molecule has 1 saturated heterocycles. The standard InChI is InChI=1S/C12H14N2O/c1-2-10-9(5-3-7-13-10)12(15)11-6-4-8-14-11/h2-3,5,7,11,14H,1,4,6,8H2/t11-/m0/s1. The van der Waals surface area contributed by atoms with Gasteiger partial charge in [-0.1, -0.05) is 6.58 Å². The fourth-order valence-electron chi connectivity index (χ4n) is 1.88. The highest BCUT2D eigenvalue weighted by atomic mass is 16.1. The van der Waals surface area contributed by atoms with Crippen LogP contribution in [0.15, 0.2) is 24.9 Å². The van der Waals surface area contributed by atoms with Crippen LogP contribution >= 0.6 is 0 Å². The summed E-state index contributed by atoms with van der Waals surface area (Å²) in [6.07, 6.45) is 5.29. The summed E-state index contributed by atoms with van der Waals surface area (Å²) < 4.78 is 0. The molecule has 1 N–H and O–H groups in total. The van der Waals surface area contributed by atoms with Gasteiger partial charge in [-0.3, -0.25) is 9.78 Å². The zero-order valence-electron chi connectivity index (χ0n) is 8.57. The van der Waals surface area contributed by atoms with Crippen LogP contribution in [-0.2, 0) is 0 Å². The van der Waals surface area contributed by atoms with Crippen molar-refractivity contribution in [2.75, 3.05) is 6.54 Å². The molecule has 0 aliphatic carbocycles. The minimum Gasteiger partial charge on any atom is -0.307 e. The molecule has 1 fully saturated rings. The number of hydrogen-bond donors (Lipinski definition) is 1. The molecule has 1 aromatic rings. The number of aromatic nitrogens is 1. The van der Waals surface area contributed by atoms with Gasteiger partial charge in [0.1, 0.15) is 0 Å². The molecule has 1 atom stereocenters. The second-order valence-electron chi connectivity index (χ2n) is 3.65. The number of nitrogens with zero attached hydrogens (tertiary/aromatic N) is 1. The third-order valence-corrected chi connectivity index (χ3v) is 2.67. The fraction of sp³-hybridized carbons (Fsp3) is 0.333. The van der Waals surface area contributed by atoms with E-state index in [9.17, 15) is 4.79 Å². The summed E-state index contributed by atoms with van der Waals surface area (Å²) in [4.78, 5) is 16.2. The minimum atomic E-state index is -0.0344. The van der Waals surface area contributed by atoms with Crippen molar-refractivity contribution < 1.29 is 4.79 Å². The Morgan fingerprint density at radius 1 is 1.67 bits per heavy atom. The fourth-order valence-corrected chi connectivity index (χ4v) is 1.88. The largest absolute Gasteiger partial charge is 0.307 e. The molecule has 0 amide bonds. The molecule has 78 valence electrons. The van der Waals surface area contributed by atoms with Crippen molar-refractivity contribution in [1.29, 1.82) is 0 Å². The van der Waals surface area contributed by atoms with Gasteiger partial charge in [-0.05, 0) is 37.6 Å². The second kappa shape index (κ2) is 4.36. The maximum atomic E-state index is 12.1. The third-order valence-electron chi connectivity index (χ3n) is 2.67. The lowest BCUT2D eigenvalue weighted by atomic mass is 10.0. The topological polar surface area (TPSA) is 42.0 Å². The van der Waals surface area contributed by atoms with Gasteiger partial charge in [0.2, 0.25) is 0 Å². The van der Waals surface area contributed by atoms with Gasteiger partial charge in [-0.2, -0.15) is 0 Å². The highest BCUT2D eigenvalue weighted by Gasteiger charge is 2.24. The number of ketones is 1. The number of nitrogens with one attached hydrogen (secondary N) is 1. The molecule has 0 bridgehead atoms. The molecule has 15 heavy (non-hydrogen) atoms. The van der Waals surface area contributed by atoms with E-state index >= 15 is 0 Å². The summed E-state index contributed by atoms with van der Waals surface area (Å²) >= 11 is 0. The molecule has 0 saturated carbocycles. The van der Waals surface area contributed by atoms with Gasteiger partial charge >= 0.3 is 0 Å². The van der Waals surface area contributed by atoms with E-state index in [-0.39, 0.29) is 11.8 Å². The summed E-state index contributed by atoms with van der Waals surface area (Å²) in [6, 6.07) is 3.56. The van der Waals surface area contributed by atoms with Crippen LogP contribution in [0.5, 0.6) is 0 Å². The summed E-state index contributed by atoms with van der Waals surface area (Å²) in [7, 11) is 0. The SMILES string of the molecule is C=Cc1ncccc1C(=O)[C@@H]1CCCN1. The molecule has 2 heterocycles. The molecular weight excluding hydrogens is 188 g/mol. The van der Waals surface area contributed by atoms with Crippen molar-refractivity contribution in [2.45, 2.75) is 18.9 Å². The molecule has 3 heteroatoms. The van der Waals surface area contributed by atoms with Crippen molar-refractivity contribution >= 4 is 11.9 Å². The Bertz CT molecular complexity index is 381. The molecule has 1 aliphatic rings. The van der Waals surface area contributed by atoms with Crippen molar-refractivity contribution in [3.05, 3.63) is 36.2 Å². The van der Waals surface area contributed by atoms with Gasteiger partial charge in [0.25, 0.3) is 0 Å². The van der Waals surface area contributed by atoms with Crippen LogP contribution in [0.1, 0.15) is 28.9 Å². The van der Waals surface area contributed by atoms with Crippen molar-refractivity contribution in [3.8, 4) is 0 Å². The van der Waals surface area contributed by atoms with Gasteiger partial charge in [0, 0.05) is 11.8 Å². The summed E-state index contributed by atoms with van der Waals surface area (Å²) in [5.41, 5.74) is 1.35. The van der Waals surface area contributed by atoms with Crippen LogP contribution in [-0.4, -0.2) is 23.4 Å². The van der Waals surface area contributed by atoms with Gasteiger partial charge < -0.3 is 5.32 Å². The van der Waals surface area contributed by atoms with Gasteiger partial charge in [-0.25, -0.2) is 0 Å². The van der Waals surface area contributed by atoms with Crippen molar-refractivity contribution in [1.82, 2.24) is 10.3 Å². The number of rotatable bonds is 3. The van der Waals surface area contributed by atoms with Crippen LogP contribution in [0, 0.1) is 0 Å². The van der Waals surface area contributed by atoms with Crippen molar-refractivity contribution in [2.24, 2.45) is 0 Å². The first-order valence-electron chi connectivity index (χ1n) is 5.18. The number of Topliss-reactive ketones (excluding diaryl/α,β-unsaturated/α-hetero) is 1. The maximum absolute atomic E-state index is 12.1. The lowest BCUT2D eigenvalue weighted by molar-refractivity contribution is 0.0952. The van der Waals surface area contributed by atoms with Gasteiger partial charge in [0.15, 0.2) is 5.78 Å². The molecule has 0 aromatic carbocycles. The third kappa shape index (κ3) is 1.97. The zero-order valence-corrected chi connectivity index (χ0v) is 8.57. The second-order valence-corrected chi connectivity index (χ2v) is 3.65. The minimum absolute atomic E-state index is 0.0344. The Labute approximate surface area is 89.2 Å². The highest BCUT2D eigenvalue weighted by Crippen LogP contribution is 2.15. The van der Waals surface area contributed by atoms with E-state index in [1.54, 1.807) is 18.3 Å². The van der Waals surface area contributed by atoms with Gasteiger partial charge in [0.05, 0.1) is 11.7 Å². The summed E-state index contributed by atoms with van der Waals surface area (Å²) in [6.45, 7) is 4.60. The van der Waals surface area contributed by atoms with E-state index in [0.717, 1.165) is 19.4 Å². The van der Waals surface area contributed by atoms with Crippen LogP contribution in [0.3, 0.4) is 0 Å². The number of hydrogen-bond acceptors (Lipinski definition) is 3. The lowest BCUT2D eigenvalue weighted by Crippen LogP contribution is -2.31. The van der Waals surface area contributed by atoms with E-state index in [1.807, 2.05) is 6.07 Å². The smallest absolute Gasteiger partial charge is 0.181 e. The van der Waals surface area contributed by atoms with Gasteiger partial charge in [-0.15, -0.1) is 0 Å².